The van der Waals surface area contributed by atoms with Crippen molar-refractivity contribution < 1.29 is 4.79 Å². The lowest BCUT2D eigenvalue weighted by Crippen LogP contribution is -2.14. The molecule has 22 heavy (non-hydrogen) atoms. The van der Waals surface area contributed by atoms with Crippen molar-refractivity contribution in [1.29, 1.82) is 0 Å². The first kappa shape index (κ1) is 15.0. The molecule has 0 unspecified atom stereocenters. The Labute approximate surface area is 138 Å². The van der Waals surface area contributed by atoms with Crippen LogP contribution in [0.3, 0.4) is 0 Å². The third-order valence-electron chi connectivity index (χ3n) is 3.58. The maximum absolute atomic E-state index is 12.6. The van der Waals surface area contributed by atoms with Crippen molar-refractivity contribution in [3.8, 4) is 0 Å². The summed E-state index contributed by atoms with van der Waals surface area (Å²) in [6, 6.07) is 7.63. The van der Waals surface area contributed by atoms with Gasteiger partial charge in [0.15, 0.2) is 0 Å². The molecule has 3 aromatic rings. The Morgan fingerprint density at radius 2 is 1.82 bits per heavy atom. The normalized spacial score (nSPS) is 10.9. The van der Waals surface area contributed by atoms with Crippen LogP contribution in [-0.4, -0.2) is 10.9 Å². The van der Waals surface area contributed by atoms with E-state index in [4.69, 9.17) is 11.6 Å². The molecule has 3 nitrogen and oxygen atoms in total. The third kappa shape index (κ3) is 2.72. The van der Waals surface area contributed by atoms with E-state index in [9.17, 15) is 4.79 Å². The minimum atomic E-state index is -0.199. The Morgan fingerprint density at radius 3 is 2.50 bits per heavy atom. The number of carbonyl (C=O) groups is 1. The van der Waals surface area contributed by atoms with E-state index >= 15 is 0 Å². The fraction of sp³-hybridized carbons (Fsp3) is 0.176. The zero-order chi connectivity index (χ0) is 15.9. The highest BCUT2D eigenvalue weighted by Crippen LogP contribution is 2.28. The monoisotopic (exact) mass is 330 g/mol. The van der Waals surface area contributed by atoms with Gasteiger partial charge >= 0.3 is 0 Å². The lowest BCUT2D eigenvalue weighted by Gasteiger charge is -2.13. The van der Waals surface area contributed by atoms with Gasteiger partial charge < -0.3 is 5.32 Å². The van der Waals surface area contributed by atoms with Gasteiger partial charge in [-0.15, -0.1) is 11.3 Å². The van der Waals surface area contributed by atoms with Crippen LogP contribution in [0.1, 0.15) is 27.0 Å². The van der Waals surface area contributed by atoms with Crippen LogP contribution < -0.4 is 5.32 Å². The second kappa shape index (κ2) is 5.71. The van der Waals surface area contributed by atoms with Gasteiger partial charge in [-0.2, -0.15) is 0 Å². The molecule has 3 rings (SSSR count). The average molecular weight is 331 g/mol. The van der Waals surface area contributed by atoms with E-state index in [0.29, 0.717) is 10.6 Å². The molecule has 0 radical (unpaired) electrons. The highest BCUT2D eigenvalue weighted by atomic mass is 35.5. The van der Waals surface area contributed by atoms with Gasteiger partial charge in [-0.05, 0) is 44.0 Å². The van der Waals surface area contributed by atoms with Crippen molar-refractivity contribution in [3.05, 3.63) is 57.1 Å². The molecule has 0 aliphatic heterocycles. The molecule has 1 amide bonds. The van der Waals surface area contributed by atoms with E-state index < -0.39 is 0 Å². The van der Waals surface area contributed by atoms with Gasteiger partial charge in [0.2, 0.25) is 0 Å². The standard InChI is InChI=1S/C17H15ClN2OS/c1-9-4-10(2)16(11(3)5-9)20-17(21)12-6-15-14(7-13(12)18)19-8-22-15/h4-8H,1-3H3,(H,20,21). The maximum atomic E-state index is 12.6. The Bertz CT molecular complexity index is 862. The summed E-state index contributed by atoms with van der Waals surface area (Å²) in [4.78, 5) is 16.8. The Hall–Kier alpha value is -1.91. The van der Waals surface area contributed by atoms with Crippen LogP contribution in [0.4, 0.5) is 5.69 Å². The first-order chi connectivity index (χ1) is 10.5. The third-order valence-corrected chi connectivity index (χ3v) is 4.68. The van der Waals surface area contributed by atoms with Gasteiger partial charge in [-0.1, -0.05) is 29.3 Å². The number of aromatic nitrogens is 1. The number of nitrogens with zero attached hydrogens (tertiary/aromatic N) is 1. The molecule has 0 bridgehead atoms. The number of anilines is 1. The number of aryl methyl sites for hydroxylation is 3. The number of amides is 1. The summed E-state index contributed by atoms with van der Waals surface area (Å²) < 4.78 is 0.951. The molecule has 1 heterocycles. The quantitative estimate of drug-likeness (QED) is 0.708. The van der Waals surface area contributed by atoms with E-state index in [1.54, 1.807) is 17.6 Å². The molecule has 5 heteroatoms. The number of hydrogen-bond donors (Lipinski definition) is 1. The molecule has 0 aliphatic rings. The minimum absolute atomic E-state index is 0.199. The van der Waals surface area contributed by atoms with Crippen molar-refractivity contribution in [2.45, 2.75) is 20.8 Å². The van der Waals surface area contributed by atoms with E-state index in [0.717, 1.165) is 27.0 Å². The number of halogens is 1. The Balaban J connectivity index is 1.98. The second-order valence-corrected chi connectivity index (χ2v) is 6.67. The molecule has 0 spiro atoms. The molecule has 0 saturated carbocycles. The molecule has 0 fully saturated rings. The number of nitrogens with one attached hydrogen (secondary N) is 1. The maximum Gasteiger partial charge on any atom is 0.257 e. The van der Waals surface area contributed by atoms with Crippen molar-refractivity contribution in [3.63, 3.8) is 0 Å². The first-order valence-electron chi connectivity index (χ1n) is 6.87. The van der Waals surface area contributed by atoms with Crippen molar-refractivity contribution in [2.75, 3.05) is 5.32 Å². The molecule has 112 valence electrons. The van der Waals surface area contributed by atoms with Gasteiger partial charge in [0.25, 0.3) is 5.91 Å². The van der Waals surface area contributed by atoms with Crippen LogP contribution in [0.15, 0.2) is 29.8 Å². The van der Waals surface area contributed by atoms with E-state index in [-0.39, 0.29) is 5.91 Å². The Morgan fingerprint density at radius 1 is 1.14 bits per heavy atom. The number of hydrogen-bond acceptors (Lipinski definition) is 3. The Kier molecular flexibility index (Phi) is 3.89. The van der Waals surface area contributed by atoms with Crippen molar-refractivity contribution in [1.82, 2.24) is 4.98 Å². The molecule has 1 aromatic heterocycles. The molecule has 0 saturated heterocycles. The summed E-state index contributed by atoms with van der Waals surface area (Å²) in [5.41, 5.74) is 7.14. The smallest absolute Gasteiger partial charge is 0.257 e. The van der Waals surface area contributed by atoms with Gasteiger partial charge in [0.05, 0.1) is 26.3 Å². The van der Waals surface area contributed by atoms with Crippen LogP contribution in [-0.2, 0) is 0 Å². The highest BCUT2D eigenvalue weighted by Gasteiger charge is 2.15. The van der Waals surface area contributed by atoms with Gasteiger partial charge in [0.1, 0.15) is 0 Å². The van der Waals surface area contributed by atoms with Crippen LogP contribution in [0.25, 0.3) is 10.2 Å². The first-order valence-corrected chi connectivity index (χ1v) is 8.13. The zero-order valence-electron chi connectivity index (χ0n) is 12.5. The molecule has 0 aliphatic carbocycles. The van der Waals surface area contributed by atoms with Crippen LogP contribution >= 0.6 is 22.9 Å². The molecular weight excluding hydrogens is 316 g/mol. The molecule has 0 atom stereocenters. The molecular formula is C17H15ClN2OS. The summed E-state index contributed by atoms with van der Waals surface area (Å²) in [7, 11) is 0. The number of benzene rings is 2. The molecule has 1 N–H and O–H groups in total. The second-order valence-electron chi connectivity index (χ2n) is 5.38. The summed E-state index contributed by atoms with van der Waals surface area (Å²) in [6.45, 7) is 6.02. The molecule has 2 aromatic carbocycles. The van der Waals surface area contributed by atoms with Gasteiger partial charge in [-0.3, -0.25) is 4.79 Å². The largest absolute Gasteiger partial charge is 0.321 e. The van der Waals surface area contributed by atoms with E-state index in [1.807, 2.05) is 20.8 Å². The fourth-order valence-electron chi connectivity index (χ4n) is 2.61. The summed E-state index contributed by atoms with van der Waals surface area (Å²) in [6.07, 6.45) is 0. The number of carbonyl (C=O) groups excluding carboxylic acids is 1. The topological polar surface area (TPSA) is 42.0 Å². The number of fused-ring (bicyclic) bond motifs is 1. The van der Waals surface area contributed by atoms with E-state index in [2.05, 4.69) is 22.4 Å². The lowest BCUT2D eigenvalue weighted by atomic mass is 10.0. The van der Waals surface area contributed by atoms with Crippen LogP contribution in [0.2, 0.25) is 5.02 Å². The number of thiazole rings is 1. The van der Waals surface area contributed by atoms with Crippen molar-refractivity contribution >= 4 is 44.7 Å². The predicted molar refractivity (Wildman–Crippen MR) is 93.2 cm³/mol. The summed E-state index contributed by atoms with van der Waals surface area (Å²) in [5, 5.41) is 3.40. The predicted octanol–water partition coefficient (Wildman–Crippen LogP) is 5.13. The number of rotatable bonds is 2. The summed E-state index contributed by atoms with van der Waals surface area (Å²) in [5.74, 6) is -0.199. The SMILES string of the molecule is Cc1cc(C)c(NC(=O)c2cc3scnc3cc2Cl)c(C)c1. The lowest BCUT2D eigenvalue weighted by molar-refractivity contribution is 0.102. The average Bonchev–Trinajstić information content (AvgIpc) is 2.88. The van der Waals surface area contributed by atoms with Crippen LogP contribution in [0, 0.1) is 20.8 Å². The van der Waals surface area contributed by atoms with Crippen molar-refractivity contribution in [2.24, 2.45) is 0 Å². The highest BCUT2D eigenvalue weighted by molar-refractivity contribution is 7.16. The van der Waals surface area contributed by atoms with Gasteiger partial charge in [0, 0.05) is 5.69 Å². The minimum Gasteiger partial charge on any atom is -0.321 e. The fourth-order valence-corrected chi connectivity index (χ4v) is 3.55. The van der Waals surface area contributed by atoms with Crippen LogP contribution in [0.5, 0.6) is 0 Å². The summed E-state index contributed by atoms with van der Waals surface area (Å²) >= 11 is 7.72. The van der Waals surface area contributed by atoms with E-state index in [1.165, 1.54) is 16.9 Å². The van der Waals surface area contributed by atoms with Gasteiger partial charge in [-0.25, -0.2) is 4.98 Å². The zero-order valence-corrected chi connectivity index (χ0v) is 14.1.